The zero-order valence-electron chi connectivity index (χ0n) is 12.5. The third-order valence-corrected chi connectivity index (χ3v) is 4.11. The van der Waals surface area contributed by atoms with E-state index >= 15 is 0 Å². The Balaban J connectivity index is 2.17. The first-order valence-electron chi connectivity index (χ1n) is 7.05. The molecule has 0 N–H and O–H groups in total. The molecule has 0 aliphatic carbocycles. The van der Waals surface area contributed by atoms with Crippen LogP contribution in [0.5, 0.6) is 0 Å². The quantitative estimate of drug-likeness (QED) is 0.753. The number of hydrogen-bond acceptors (Lipinski definition) is 2. The molecule has 0 saturated heterocycles. The van der Waals surface area contributed by atoms with Crippen LogP contribution in [0.3, 0.4) is 0 Å². The number of aryl methyl sites for hydroxylation is 1. The topological polar surface area (TPSA) is 21.6 Å². The molecule has 2 aromatic rings. The van der Waals surface area contributed by atoms with Crippen LogP contribution in [0.15, 0.2) is 51.9 Å². The molecule has 2 nitrogen and oxygen atoms in total. The van der Waals surface area contributed by atoms with E-state index < -0.39 is 0 Å². The van der Waals surface area contributed by atoms with Crippen molar-refractivity contribution in [2.45, 2.75) is 26.3 Å². The molecule has 0 unspecified atom stereocenters. The van der Waals surface area contributed by atoms with Crippen LogP contribution in [0.1, 0.15) is 25.0 Å². The van der Waals surface area contributed by atoms with E-state index in [1.807, 2.05) is 0 Å². The molecule has 0 aromatic heterocycles. The Morgan fingerprint density at radius 2 is 1.81 bits per heavy atom. The third-order valence-electron chi connectivity index (χ3n) is 3.61. The summed E-state index contributed by atoms with van der Waals surface area (Å²) in [6, 6.07) is 14.7. The van der Waals surface area contributed by atoms with Crippen LogP contribution in [0.4, 0.5) is 0 Å². The van der Waals surface area contributed by atoms with Crippen LogP contribution < -0.4 is 0 Å². The zero-order chi connectivity index (χ0) is 15.0. The lowest BCUT2D eigenvalue weighted by atomic mass is 9.96. The number of aliphatic imine (C=N–C) groups is 1. The smallest absolute Gasteiger partial charge is 0.217 e. The molecule has 0 amide bonds. The van der Waals surface area contributed by atoms with E-state index in [2.05, 4.69) is 79.2 Å². The van der Waals surface area contributed by atoms with Crippen molar-refractivity contribution in [3.05, 3.63) is 58.1 Å². The van der Waals surface area contributed by atoms with Crippen molar-refractivity contribution in [3.8, 4) is 11.1 Å². The molecule has 1 heterocycles. The van der Waals surface area contributed by atoms with Gasteiger partial charge in [-0.05, 0) is 49.6 Å². The summed E-state index contributed by atoms with van der Waals surface area (Å²) in [5.74, 6) is 0.736. The second-order valence-electron chi connectivity index (χ2n) is 6.02. The number of nitrogens with zero attached hydrogens (tertiary/aromatic N) is 1. The van der Waals surface area contributed by atoms with Crippen LogP contribution in [0.2, 0.25) is 0 Å². The Kier molecular flexibility index (Phi) is 3.62. The SMILES string of the molecule is Cc1ccccc1-c1ccc(Br)cc1C1=NC(C)(C)CO1. The molecule has 108 valence electrons. The molecule has 0 radical (unpaired) electrons. The Labute approximate surface area is 134 Å². The van der Waals surface area contributed by atoms with Gasteiger partial charge in [0.25, 0.3) is 0 Å². The molecule has 1 aliphatic heterocycles. The number of rotatable bonds is 2. The van der Waals surface area contributed by atoms with Gasteiger partial charge in [-0.25, -0.2) is 4.99 Å². The zero-order valence-corrected chi connectivity index (χ0v) is 14.1. The van der Waals surface area contributed by atoms with Gasteiger partial charge in [0.1, 0.15) is 6.61 Å². The van der Waals surface area contributed by atoms with E-state index in [0.29, 0.717) is 6.61 Å². The monoisotopic (exact) mass is 343 g/mol. The van der Waals surface area contributed by atoms with Gasteiger partial charge in [0.15, 0.2) is 0 Å². The lowest BCUT2D eigenvalue weighted by molar-refractivity contribution is 0.279. The summed E-state index contributed by atoms with van der Waals surface area (Å²) in [4.78, 5) is 4.72. The maximum Gasteiger partial charge on any atom is 0.217 e. The molecule has 3 heteroatoms. The van der Waals surface area contributed by atoms with E-state index in [-0.39, 0.29) is 5.54 Å². The van der Waals surface area contributed by atoms with Gasteiger partial charge < -0.3 is 4.74 Å². The maximum atomic E-state index is 5.84. The molecule has 21 heavy (non-hydrogen) atoms. The first kappa shape index (κ1) is 14.3. The number of ether oxygens (including phenoxy) is 1. The minimum Gasteiger partial charge on any atom is -0.475 e. The summed E-state index contributed by atoms with van der Waals surface area (Å²) in [6.07, 6.45) is 0. The van der Waals surface area contributed by atoms with Crippen molar-refractivity contribution in [1.29, 1.82) is 0 Å². The van der Waals surface area contributed by atoms with Crippen molar-refractivity contribution in [2.75, 3.05) is 6.61 Å². The molecule has 0 saturated carbocycles. The fourth-order valence-electron chi connectivity index (χ4n) is 2.53. The summed E-state index contributed by atoms with van der Waals surface area (Å²) in [7, 11) is 0. The highest BCUT2D eigenvalue weighted by Gasteiger charge is 2.28. The number of hydrogen-bond donors (Lipinski definition) is 0. The molecule has 3 rings (SSSR count). The fourth-order valence-corrected chi connectivity index (χ4v) is 2.89. The average molecular weight is 344 g/mol. The Hall–Kier alpha value is -1.61. The summed E-state index contributed by atoms with van der Waals surface area (Å²) in [5, 5.41) is 0. The molecule has 2 aromatic carbocycles. The van der Waals surface area contributed by atoms with E-state index in [0.717, 1.165) is 21.5 Å². The van der Waals surface area contributed by atoms with Crippen molar-refractivity contribution >= 4 is 21.8 Å². The Bertz CT molecular complexity index is 719. The largest absolute Gasteiger partial charge is 0.475 e. The molecular formula is C18H18BrNO. The third kappa shape index (κ3) is 2.88. The van der Waals surface area contributed by atoms with Crippen LogP contribution >= 0.6 is 15.9 Å². The van der Waals surface area contributed by atoms with Gasteiger partial charge in [0.05, 0.1) is 5.54 Å². The van der Waals surface area contributed by atoms with Crippen LogP contribution in [0, 0.1) is 6.92 Å². The van der Waals surface area contributed by atoms with Crippen molar-refractivity contribution in [3.63, 3.8) is 0 Å². The van der Waals surface area contributed by atoms with Gasteiger partial charge >= 0.3 is 0 Å². The van der Waals surface area contributed by atoms with Crippen molar-refractivity contribution in [1.82, 2.24) is 0 Å². The van der Waals surface area contributed by atoms with Gasteiger partial charge in [-0.2, -0.15) is 0 Å². The van der Waals surface area contributed by atoms with Gasteiger partial charge in [-0.3, -0.25) is 0 Å². The van der Waals surface area contributed by atoms with Crippen molar-refractivity contribution < 1.29 is 4.74 Å². The second kappa shape index (κ2) is 5.30. The average Bonchev–Trinajstić information content (AvgIpc) is 2.80. The summed E-state index contributed by atoms with van der Waals surface area (Å²) in [6.45, 7) is 6.93. The highest BCUT2D eigenvalue weighted by Crippen LogP contribution is 2.32. The molecule has 0 fully saturated rings. The van der Waals surface area contributed by atoms with Crippen LogP contribution in [-0.4, -0.2) is 18.0 Å². The number of halogens is 1. The lowest BCUT2D eigenvalue weighted by Gasteiger charge is -2.12. The van der Waals surface area contributed by atoms with Gasteiger partial charge in [0.2, 0.25) is 5.90 Å². The van der Waals surface area contributed by atoms with Gasteiger partial charge in [-0.15, -0.1) is 0 Å². The first-order valence-corrected chi connectivity index (χ1v) is 7.84. The first-order chi connectivity index (χ1) is 9.96. The van der Waals surface area contributed by atoms with E-state index in [9.17, 15) is 0 Å². The van der Waals surface area contributed by atoms with Gasteiger partial charge in [-0.1, -0.05) is 46.3 Å². The van der Waals surface area contributed by atoms with E-state index in [1.54, 1.807) is 0 Å². The van der Waals surface area contributed by atoms with Crippen LogP contribution in [0.25, 0.3) is 11.1 Å². The minimum absolute atomic E-state index is 0.152. The van der Waals surface area contributed by atoms with Crippen LogP contribution in [-0.2, 0) is 4.74 Å². The van der Waals surface area contributed by atoms with Gasteiger partial charge in [0, 0.05) is 10.0 Å². The maximum absolute atomic E-state index is 5.84. The molecule has 0 bridgehead atoms. The fraction of sp³-hybridized carbons (Fsp3) is 0.278. The lowest BCUT2D eigenvalue weighted by Crippen LogP contribution is -2.17. The predicted octanol–water partition coefficient (Wildman–Crippen LogP) is 4.98. The minimum atomic E-state index is -0.152. The summed E-state index contributed by atoms with van der Waals surface area (Å²) >= 11 is 3.55. The molecule has 0 spiro atoms. The summed E-state index contributed by atoms with van der Waals surface area (Å²) < 4.78 is 6.87. The standard InChI is InChI=1S/C18H18BrNO/c1-12-6-4-5-7-14(12)15-9-8-13(19)10-16(15)17-20-18(2,3)11-21-17/h4-10H,11H2,1-3H3. The Morgan fingerprint density at radius 3 is 2.48 bits per heavy atom. The molecule has 0 atom stereocenters. The van der Waals surface area contributed by atoms with E-state index in [1.165, 1.54) is 11.1 Å². The molecule has 1 aliphatic rings. The highest BCUT2D eigenvalue weighted by atomic mass is 79.9. The predicted molar refractivity (Wildman–Crippen MR) is 90.9 cm³/mol. The van der Waals surface area contributed by atoms with Crippen molar-refractivity contribution in [2.24, 2.45) is 4.99 Å². The molecular weight excluding hydrogens is 326 g/mol. The summed E-state index contributed by atoms with van der Waals surface area (Å²) in [5.41, 5.74) is 4.52. The second-order valence-corrected chi connectivity index (χ2v) is 6.94. The Morgan fingerprint density at radius 1 is 1.05 bits per heavy atom. The number of benzene rings is 2. The highest BCUT2D eigenvalue weighted by molar-refractivity contribution is 9.10. The van der Waals surface area contributed by atoms with E-state index in [4.69, 9.17) is 9.73 Å². The normalized spacial score (nSPS) is 16.5.